The topological polar surface area (TPSA) is 96.1 Å². The Kier molecular flexibility index (Phi) is 5.47. The minimum absolute atomic E-state index is 0.180. The Morgan fingerprint density at radius 2 is 1.93 bits per heavy atom. The van der Waals surface area contributed by atoms with Gasteiger partial charge in [-0.05, 0) is 35.1 Å². The number of hydrogen-bond acceptors (Lipinski definition) is 6. The van der Waals surface area contributed by atoms with Crippen LogP contribution in [0.15, 0.2) is 54.9 Å². The van der Waals surface area contributed by atoms with Crippen LogP contribution in [-0.4, -0.2) is 36.9 Å². The van der Waals surface area contributed by atoms with Crippen molar-refractivity contribution >= 4 is 29.3 Å². The summed E-state index contributed by atoms with van der Waals surface area (Å²) in [5.41, 5.74) is 2.75. The maximum absolute atomic E-state index is 13.5. The molecule has 9 heteroatoms. The molecule has 0 radical (unpaired) electrons. The lowest BCUT2D eigenvalue weighted by molar-refractivity contribution is 0.426. The van der Waals surface area contributed by atoms with Crippen LogP contribution in [0.3, 0.4) is 0 Å². The molecule has 4 rings (SSSR count). The van der Waals surface area contributed by atoms with Crippen LogP contribution in [0.2, 0.25) is 0 Å². The van der Waals surface area contributed by atoms with Crippen LogP contribution in [0.5, 0.6) is 0 Å². The summed E-state index contributed by atoms with van der Waals surface area (Å²) < 4.78 is 15.0. The van der Waals surface area contributed by atoms with Crippen molar-refractivity contribution in [3.05, 3.63) is 71.8 Å². The van der Waals surface area contributed by atoms with Crippen molar-refractivity contribution < 1.29 is 14.4 Å². The number of hydrogen-bond donors (Lipinski definition) is 3. The van der Waals surface area contributed by atoms with Crippen LogP contribution in [0.1, 0.15) is 30.9 Å². The quantitative estimate of drug-likeness (QED) is 0.427. The van der Waals surface area contributed by atoms with Crippen LogP contribution in [0, 0.1) is 5.82 Å². The molecular formula is C21H21BFN5O2. The molecule has 0 bridgehead atoms. The van der Waals surface area contributed by atoms with E-state index in [0.29, 0.717) is 34.7 Å². The third-order valence-electron chi connectivity index (χ3n) is 4.89. The molecule has 0 saturated carbocycles. The smallest absolute Gasteiger partial charge is 0.423 e. The van der Waals surface area contributed by atoms with Gasteiger partial charge in [-0.15, -0.1) is 0 Å². The summed E-state index contributed by atoms with van der Waals surface area (Å²) in [6, 6.07) is 11.6. The monoisotopic (exact) mass is 405 g/mol. The van der Waals surface area contributed by atoms with E-state index in [1.165, 1.54) is 12.1 Å². The Hall–Kier alpha value is -3.30. The largest absolute Gasteiger partial charge is 0.489 e. The van der Waals surface area contributed by atoms with E-state index in [2.05, 4.69) is 20.4 Å². The van der Waals surface area contributed by atoms with Crippen LogP contribution < -0.4 is 10.8 Å². The fourth-order valence-corrected chi connectivity index (χ4v) is 3.34. The third-order valence-corrected chi connectivity index (χ3v) is 4.89. The van der Waals surface area contributed by atoms with Gasteiger partial charge in [0.2, 0.25) is 0 Å². The molecule has 2 aromatic heterocycles. The van der Waals surface area contributed by atoms with Crippen molar-refractivity contribution in [2.45, 2.75) is 26.3 Å². The molecule has 0 fully saturated rings. The second-order valence-corrected chi connectivity index (χ2v) is 7.32. The van der Waals surface area contributed by atoms with E-state index in [4.69, 9.17) is 0 Å². The molecule has 0 amide bonds. The van der Waals surface area contributed by atoms with Crippen molar-refractivity contribution in [1.82, 2.24) is 19.7 Å². The van der Waals surface area contributed by atoms with E-state index in [9.17, 15) is 14.4 Å². The average molecular weight is 405 g/mol. The van der Waals surface area contributed by atoms with Crippen molar-refractivity contribution in [3.63, 3.8) is 0 Å². The van der Waals surface area contributed by atoms with Crippen LogP contribution in [0.4, 0.5) is 10.2 Å². The molecule has 2 aromatic carbocycles. The number of anilines is 1. The molecule has 4 aromatic rings. The highest BCUT2D eigenvalue weighted by Gasteiger charge is 2.19. The summed E-state index contributed by atoms with van der Waals surface area (Å²) in [5.74, 6) is 0.883. The van der Waals surface area contributed by atoms with Gasteiger partial charge < -0.3 is 15.4 Å². The number of rotatable bonds is 6. The van der Waals surface area contributed by atoms with E-state index in [1.54, 1.807) is 35.3 Å². The van der Waals surface area contributed by atoms with Gasteiger partial charge in [-0.1, -0.05) is 38.1 Å². The van der Waals surface area contributed by atoms with Crippen LogP contribution in [-0.2, 0) is 6.54 Å². The van der Waals surface area contributed by atoms with Gasteiger partial charge in [0.05, 0.1) is 11.7 Å². The summed E-state index contributed by atoms with van der Waals surface area (Å²) in [5, 5.41) is 27.4. The standard InChI is InChI=1S/C21H21BFN5O2/c1-13(2)16-11-25-21(27-20(16)24-10-14-5-3-6-15(23)9-14)28-19-8-4-7-18(22(29)30)17(19)12-26-28/h3-9,11-13,29-30H,10H2,1-2H3,(H,24,25,27). The number of halogens is 1. The molecule has 0 unspecified atom stereocenters. The molecule has 0 saturated heterocycles. The van der Waals surface area contributed by atoms with Gasteiger partial charge in [0.25, 0.3) is 5.95 Å². The molecular weight excluding hydrogens is 384 g/mol. The van der Waals surface area contributed by atoms with E-state index < -0.39 is 7.12 Å². The summed E-state index contributed by atoms with van der Waals surface area (Å²) in [7, 11) is -1.60. The maximum Gasteiger partial charge on any atom is 0.489 e. The summed E-state index contributed by atoms with van der Waals surface area (Å²) in [4.78, 5) is 9.12. The first kappa shape index (κ1) is 20.0. The number of nitrogens with zero attached hydrogens (tertiary/aromatic N) is 4. The highest BCUT2D eigenvalue weighted by atomic mass is 19.1. The Bertz CT molecular complexity index is 1200. The third kappa shape index (κ3) is 3.89. The van der Waals surface area contributed by atoms with Crippen molar-refractivity contribution in [2.75, 3.05) is 5.32 Å². The first-order valence-corrected chi connectivity index (χ1v) is 9.62. The molecule has 30 heavy (non-hydrogen) atoms. The second-order valence-electron chi connectivity index (χ2n) is 7.32. The predicted octanol–water partition coefficient (Wildman–Crippen LogP) is 2.37. The Labute approximate surface area is 173 Å². The second kappa shape index (κ2) is 8.21. The van der Waals surface area contributed by atoms with Crippen molar-refractivity contribution in [2.24, 2.45) is 0 Å². The summed E-state index contributed by atoms with van der Waals surface area (Å²) >= 11 is 0. The van der Waals surface area contributed by atoms with Crippen molar-refractivity contribution in [1.29, 1.82) is 0 Å². The van der Waals surface area contributed by atoms with Crippen LogP contribution >= 0.6 is 0 Å². The zero-order valence-corrected chi connectivity index (χ0v) is 16.6. The SMILES string of the molecule is CC(C)c1cnc(-n2ncc3c(B(O)O)cccc32)nc1NCc1cccc(F)c1. The van der Waals surface area contributed by atoms with Gasteiger partial charge in [0, 0.05) is 23.7 Å². The first-order chi connectivity index (χ1) is 14.4. The molecule has 7 nitrogen and oxygen atoms in total. The van der Waals surface area contributed by atoms with E-state index in [0.717, 1.165) is 11.1 Å². The molecule has 0 atom stereocenters. The number of nitrogens with one attached hydrogen (secondary N) is 1. The minimum atomic E-state index is -1.60. The van der Waals surface area contributed by atoms with Gasteiger partial charge in [0.1, 0.15) is 11.6 Å². The fraction of sp³-hybridized carbons (Fsp3) is 0.190. The van der Waals surface area contributed by atoms with Crippen LogP contribution in [0.25, 0.3) is 16.9 Å². The first-order valence-electron chi connectivity index (χ1n) is 9.62. The average Bonchev–Trinajstić information content (AvgIpc) is 3.16. The zero-order valence-electron chi connectivity index (χ0n) is 16.6. The number of benzene rings is 2. The van der Waals surface area contributed by atoms with Gasteiger partial charge in [-0.3, -0.25) is 0 Å². The normalized spacial score (nSPS) is 11.3. The Morgan fingerprint density at radius 3 is 2.67 bits per heavy atom. The van der Waals surface area contributed by atoms with Crippen molar-refractivity contribution in [3.8, 4) is 5.95 Å². The molecule has 152 valence electrons. The Balaban J connectivity index is 1.72. The summed E-state index contributed by atoms with van der Waals surface area (Å²) in [6.07, 6.45) is 3.31. The predicted molar refractivity (Wildman–Crippen MR) is 114 cm³/mol. The highest BCUT2D eigenvalue weighted by Crippen LogP contribution is 2.24. The highest BCUT2D eigenvalue weighted by molar-refractivity contribution is 6.61. The lowest BCUT2D eigenvalue weighted by Gasteiger charge is -2.15. The molecule has 0 spiro atoms. The fourth-order valence-electron chi connectivity index (χ4n) is 3.34. The minimum Gasteiger partial charge on any atom is -0.423 e. The molecule has 0 aliphatic heterocycles. The van der Waals surface area contributed by atoms with Gasteiger partial charge in [-0.2, -0.15) is 14.8 Å². The lowest BCUT2D eigenvalue weighted by atomic mass is 9.78. The van der Waals surface area contributed by atoms with E-state index >= 15 is 0 Å². The number of aromatic nitrogens is 4. The van der Waals surface area contributed by atoms with Gasteiger partial charge in [-0.25, -0.2) is 9.37 Å². The molecule has 0 aliphatic carbocycles. The van der Waals surface area contributed by atoms with Gasteiger partial charge in [0.15, 0.2) is 0 Å². The molecule has 2 heterocycles. The summed E-state index contributed by atoms with van der Waals surface area (Å²) in [6.45, 7) is 4.50. The Morgan fingerprint density at radius 1 is 1.13 bits per heavy atom. The van der Waals surface area contributed by atoms with E-state index in [1.807, 2.05) is 26.0 Å². The maximum atomic E-state index is 13.5. The molecule has 3 N–H and O–H groups in total. The lowest BCUT2D eigenvalue weighted by Crippen LogP contribution is -2.30. The number of fused-ring (bicyclic) bond motifs is 1. The molecule has 0 aliphatic rings. The van der Waals surface area contributed by atoms with Gasteiger partial charge >= 0.3 is 7.12 Å². The van der Waals surface area contributed by atoms with E-state index in [-0.39, 0.29) is 11.7 Å². The zero-order chi connectivity index (χ0) is 21.3.